The maximum Gasteiger partial charge on any atom is 0.407 e. The van der Waals surface area contributed by atoms with Crippen molar-refractivity contribution in [1.82, 2.24) is 10.2 Å². The lowest BCUT2D eigenvalue weighted by Gasteiger charge is -2.29. The Morgan fingerprint density at radius 2 is 1.83 bits per heavy atom. The maximum atomic E-state index is 13.1. The number of hydrogen-bond donors (Lipinski definition) is 1. The van der Waals surface area contributed by atoms with Gasteiger partial charge in [-0.05, 0) is 58.4 Å². The maximum absolute atomic E-state index is 13.1. The SMILES string of the molecule is CC(C)(C)OC(=O)[C@@H]1CCCN1C(=O)[C@@H](CCCCNC(=O)OCc1ccccc1)OS(C)(=O)=O. The average molecular weight is 513 g/mol. The quantitative estimate of drug-likeness (QED) is 0.272. The predicted octanol–water partition coefficient (Wildman–Crippen LogP) is 2.76. The lowest BCUT2D eigenvalue weighted by molar-refractivity contribution is -0.164. The number of rotatable bonds is 11. The lowest BCUT2D eigenvalue weighted by atomic mass is 10.1. The van der Waals surface area contributed by atoms with Gasteiger partial charge in [0.1, 0.15) is 18.2 Å². The highest BCUT2D eigenvalue weighted by molar-refractivity contribution is 7.86. The molecule has 1 heterocycles. The fourth-order valence-corrected chi connectivity index (χ4v) is 4.27. The van der Waals surface area contributed by atoms with Crippen molar-refractivity contribution < 1.29 is 36.5 Å². The molecular weight excluding hydrogens is 476 g/mol. The van der Waals surface area contributed by atoms with Crippen molar-refractivity contribution in [1.29, 1.82) is 0 Å². The number of amides is 2. The topological polar surface area (TPSA) is 128 Å². The van der Waals surface area contributed by atoms with Crippen LogP contribution in [-0.2, 0) is 40.0 Å². The van der Waals surface area contributed by atoms with Crippen molar-refractivity contribution in [2.24, 2.45) is 0 Å². The smallest absolute Gasteiger partial charge is 0.407 e. The molecule has 0 aliphatic carbocycles. The third-order valence-corrected chi connectivity index (χ3v) is 5.74. The number of benzene rings is 1. The number of hydrogen-bond acceptors (Lipinski definition) is 8. The first-order chi connectivity index (χ1) is 16.4. The fraction of sp³-hybridized carbons (Fsp3) is 0.625. The highest BCUT2D eigenvalue weighted by Gasteiger charge is 2.40. The second-order valence-electron chi connectivity index (χ2n) is 9.50. The summed E-state index contributed by atoms with van der Waals surface area (Å²) in [6.07, 6.45) is 1.13. The standard InChI is InChI=1S/C24H36N2O8S/c1-24(2,3)33-22(28)19-13-10-16-26(19)21(27)20(34-35(4,30)31)14-8-9-15-25-23(29)32-17-18-11-6-5-7-12-18/h5-7,11-12,19-20H,8-10,13-17H2,1-4H3,(H,25,29)/t19-,20+/m0/s1. The van der Waals surface area contributed by atoms with Crippen LogP contribution in [0.4, 0.5) is 4.79 Å². The van der Waals surface area contributed by atoms with Crippen LogP contribution in [0.15, 0.2) is 30.3 Å². The minimum absolute atomic E-state index is 0.115. The summed E-state index contributed by atoms with van der Waals surface area (Å²) < 4.78 is 39.2. The zero-order valence-electron chi connectivity index (χ0n) is 20.8. The van der Waals surface area contributed by atoms with Crippen molar-refractivity contribution in [3.05, 3.63) is 35.9 Å². The van der Waals surface area contributed by atoms with E-state index in [0.717, 1.165) is 11.8 Å². The number of likely N-dealkylation sites (tertiary alicyclic amines) is 1. The Balaban J connectivity index is 1.85. The number of carbonyl (C=O) groups is 3. The summed E-state index contributed by atoms with van der Waals surface area (Å²) in [4.78, 5) is 38.9. The Hall–Kier alpha value is -2.66. The normalized spacial score (nSPS) is 17.0. The largest absolute Gasteiger partial charge is 0.458 e. The molecule has 2 amide bonds. The molecule has 2 atom stereocenters. The first kappa shape index (κ1) is 28.6. The van der Waals surface area contributed by atoms with E-state index in [1.54, 1.807) is 20.8 Å². The molecule has 196 valence electrons. The number of esters is 1. The van der Waals surface area contributed by atoms with Crippen LogP contribution >= 0.6 is 0 Å². The number of carbonyl (C=O) groups excluding carboxylic acids is 3. The molecule has 0 bridgehead atoms. The molecule has 2 rings (SSSR count). The van der Waals surface area contributed by atoms with E-state index >= 15 is 0 Å². The van der Waals surface area contributed by atoms with Crippen molar-refractivity contribution in [2.75, 3.05) is 19.3 Å². The molecule has 10 nitrogen and oxygen atoms in total. The average Bonchev–Trinajstić information content (AvgIpc) is 3.25. The van der Waals surface area contributed by atoms with Crippen LogP contribution < -0.4 is 5.32 Å². The monoisotopic (exact) mass is 512 g/mol. The Morgan fingerprint density at radius 1 is 1.14 bits per heavy atom. The van der Waals surface area contributed by atoms with E-state index in [0.29, 0.717) is 32.2 Å². The number of nitrogens with one attached hydrogen (secondary N) is 1. The van der Waals surface area contributed by atoms with Crippen molar-refractivity contribution in [2.45, 2.75) is 77.2 Å². The Morgan fingerprint density at radius 3 is 2.46 bits per heavy atom. The first-order valence-corrected chi connectivity index (χ1v) is 13.5. The number of unbranched alkanes of at least 4 members (excludes halogenated alkanes) is 1. The summed E-state index contributed by atoms with van der Waals surface area (Å²) in [6, 6.07) is 8.50. The minimum Gasteiger partial charge on any atom is -0.458 e. The Bertz CT molecular complexity index is 959. The van der Waals surface area contributed by atoms with Gasteiger partial charge in [-0.3, -0.25) is 8.98 Å². The Labute approximate surface area is 207 Å². The van der Waals surface area contributed by atoms with E-state index in [4.69, 9.17) is 13.7 Å². The van der Waals surface area contributed by atoms with Crippen molar-refractivity contribution >= 4 is 28.1 Å². The highest BCUT2D eigenvalue weighted by atomic mass is 32.2. The molecule has 1 fully saturated rings. The minimum atomic E-state index is -3.91. The van der Waals surface area contributed by atoms with E-state index in [-0.39, 0.29) is 19.6 Å². The lowest BCUT2D eigenvalue weighted by Crippen LogP contribution is -2.48. The van der Waals surface area contributed by atoms with Gasteiger partial charge in [0.05, 0.1) is 6.26 Å². The summed E-state index contributed by atoms with van der Waals surface area (Å²) in [5.41, 5.74) is 0.167. The molecule has 1 saturated heterocycles. The molecule has 11 heteroatoms. The summed E-state index contributed by atoms with van der Waals surface area (Å²) in [7, 11) is -3.91. The van der Waals surface area contributed by atoms with Gasteiger partial charge in [0.2, 0.25) is 0 Å². The third kappa shape index (κ3) is 10.6. The molecule has 1 aromatic carbocycles. The van der Waals surface area contributed by atoms with Gasteiger partial charge in [0.15, 0.2) is 6.10 Å². The molecular formula is C24H36N2O8S. The zero-order valence-corrected chi connectivity index (χ0v) is 21.6. The molecule has 0 saturated carbocycles. The second kappa shape index (κ2) is 12.9. The van der Waals surface area contributed by atoms with E-state index in [1.807, 2.05) is 30.3 Å². The first-order valence-electron chi connectivity index (χ1n) is 11.7. The van der Waals surface area contributed by atoms with Crippen LogP contribution in [0.5, 0.6) is 0 Å². The molecule has 0 unspecified atom stereocenters. The van der Waals surface area contributed by atoms with Crippen LogP contribution in [0, 0.1) is 0 Å². The van der Waals surface area contributed by atoms with Crippen LogP contribution in [0.3, 0.4) is 0 Å². The van der Waals surface area contributed by atoms with Crippen LogP contribution in [0.25, 0.3) is 0 Å². The van der Waals surface area contributed by atoms with Gasteiger partial charge < -0.3 is 19.7 Å². The molecule has 1 N–H and O–H groups in total. The molecule has 1 aromatic rings. The molecule has 0 aromatic heterocycles. The van der Waals surface area contributed by atoms with Gasteiger partial charge in [0, 0.05) is 13.1 Å². The van der Waals surface area contributed by atoms with Gasteiger partial charge in [-0.1, -0.05) is 30.3 Å². The number of nitrogens with zero attached hydrogens (tertiary/aromatic N) is 1. The summed E-state index contributed by atoms with van der Waals surface area (Å²) in [5.74, 6) is -1.07. The Kier molecular flexibility index (Phi) is 10.5. The molecule has 1 aliphatic heterocycles. The van der Waals surface area contributed by atoms with E-state index in [1.165, 1.54) is 4.90 Å². The summed E-state index contributed by atoms with van der Waals surface area (Å²) in [5, 5.41) is 2.63. The van der Waals surface area contributed by atoms with E-state index < -0.39 is 45.8 Å². The fourth-order valence-electron chi connectivity index (χ4n) is 3.67. The highest BCUT2D eigenvalue weighted by Crippen LogP contribution is 2.24. The zero-order chi connectivity index (χ0) is 26.1. The molecule has 35 heavy (non-hydrogen) atoms. The third-order valence-electron chi connectivity index (χ3n) is 5.16. The van der Waals surface area contributed by atoms with Crippen LogP contribution in [0.2, 0.25) is 0 Å². The molecule has 1 aliphatic rings. The summed E-state index contributed by atoms with van der Waals surface area (Å²) in [6.45, 7) is 5.99. The van der Waals surface area contributed by atoms with Crippen molar-refractivity contribution in [3.63, 3.8) is 0 Å². The second-order valence-corrected chi connectivity index (χ2v) is 11.1. The van der Waals surface area contributed by atoms with Crippen LogP contribution in [0.1, 0.15) is 58.4 Å². The van der Waals surface area contributed by atoms with Gasteiger partial charge in [-0.15, -0.1) is 0 Å². The van der Waals surface area contributed by atoms with Crippen molar-refractivity contribution in [3.8, 4) is 0 Å². The van der Waals surface area contributed by atoms with Crippen LogP contribution in [-0.4, -0.2) is 68.4 Å². The summed E-state index contributed by atoms with van der Waals surface area (Å²) >= 11 is 0. The van der Waals surface area contributed by atoms with Gasteiger partial charge in [-0.25, -0.2) is 9.59 Å². The van der Waals surface area contributed by atoms with E-state index in [2.05, 4.69) is 5.32 Å². The van der Waals surface area contributed by atoms with E-state index in [9.17, 15) is 22.8 Å². The number of ether oxygens (including phenoxy) is 2. The van der Waals surface area contributed by atoms with Gasteiger partial charge >= 0.3 is 12.1 Å². The van der Waals surface area contributed by atoms with Gasteiger partial charge in [0.25, 0.3) is 16.0 Å². The molecule has 0 spiro atoms. The predicted molar refractivity (Wildman–Crippen MR) is 129 cm³/mol. The van der Waals surface area contributed by atoms with Gasteiger partial charge in [-0.2, -0.15) is 8.42 Å². The number of alkyl carbamates (subject to hydrolysis) is 1. The molecule has 0 radical (unpaired) electrons.